The van der Waals surface area contributed by atoms with Crippen molar-refractivity contribution in [3.05, 3.63) is 176 Å². The Morgan fingerprint density at radius 1 is 0.367 bits per heavy atom. The number of para-hydroxylation sites is 1. The quantitative estimate of drug-likeness (QED) is 0.190. The van der Waals surface area contributed by atoms with Gasteiger partial charge in [-0.05, 0) is 82.2 Å². The van der Waals surface area contributed by atoms with E-state index in [1.165, 1.54) is 10.9 Å². The number of hydrogen-bond donors (Lipinski definition) is 0. The molecule has 2 heterocycles. The number of furan rings is 2. The molecule has 0 aliphatic heterocycles. The molecule has 8 aromatic carbocycles. The van der Waals surface area contributed by atoms with E-state index in [2.05, 4.69) is 163 Å². The predicted octanol–water partition coefficient (Wildman–Crippen LogP) is 13.4. The molecule has 230 valence electrons. The van der Waals surface area contributed by atoms with Gasteiger partial charge in [0.15, 0.2) is 0 Å². The van der Waals surface area contributed by atoms with Gasteiger partial charge in [0.25, 0.3) is 0 Å². The van der Waals surface area contributed by atoms with Crippen LogP contribution in [-0.4, -0.2) is 0 Å². The van der Waals surface area contributed by atoms with Crippen LogP contribution in [0.4, 0.5) is 17.1 Å². The maximum atomic E-state index is 6.63. The maximum absolute atomic E-state index is 6.63. The van der Waals surface area contributed by atoms with Crippen molar-refractivity contribution in [1.82, 2.24) is 0 Å². The predicted molar refractivity (Wildman–Crippen MR) is 204 cm³/mol. The molecular weight excluding hydrogens is 599 g/mol. The van der Waals surface area contributed by atoms with E-state index in [0.29, 0.717) is 0 Å². The van der Waals surface area contributed by atoms with Crippen LogP contribution in [0.3, 0.4) is 0 Å². The zero-order valence-electron chi connectivity index (χ0n) is 26.5. The molecule has 0 atom stereocenters. The summed E-state index contributed by atoms with van der Waals surface area (Å²) in [5.41, 5.74) is 11.4. The Labute approximate surface area is 282 Å². The Hall–Kier alpha value is -6.58. The molecule has 0 fully saturated rings. The van der Waals surface area contributed by atoms with Crippen molar-refractivity contribution >= 4 is 71.7 Å². The summed E-state index contributed by atoms with van der Waals surface area (Å²) in [6.45, 7) is 0. The highest BCUT2D eigenvalue weighted by Crippen LogP contribution is 2.45. The fraction of sp³-hybridized carbons (Fsp3) is 0. The first-order valence-corrected chi connectivity index (χ1v) is 16.6. The van der Waals surface area contributed by atoms with Gasteiger partial charge >= 0.3 is 0 Å². The van der Waals surface area contributed by atoms with Gasteiger partial charge in [0.1, 0.15) is 22.3 Å². The zero-order valence-corrected chi connectivity index (χ0v) is 26.5. The van der Waals surface area contributed by atoms with Crippen LogP contribution in [0.25, 0.3) is 76.9 Å². The van der Waals surface area contributed by atoms with Crippen LogP contribution in [0.2, 0.25) is 0 Å². The highest BCUT2D eigenvalue weighted by molar-refractivity contribution is 6.19. The lowest BCUT2D eigenvalue weighted by molar-refractivity contribution is 0.669. The van der Waals surface area contributed by atoms with E-state index >= 15 is 0 Å². The van der Waals surface area contributed by atoms with Gasteiger partial charge in [-0.15, -0.1) is 0 Å². The second kappa shape index (κ2) is 11.0. The van der Waals surface area contributed by atoms with Crippen LogP contribution in [0.15, 0.2) is 185 Å². The number of rotatable bonds is 5. The van der Waals surface area contributed by atoms with Crippen LogP contribution >= 0.6 is 0 Å². The van der Waals surface area contributed by atoms with Gasteiger partial charge in [-0.3, -0.25) is 0 Å². The van der Waals surface area contributed by atoms with E-state index in [1.54, 1.807) is 0 Å². The van der Waals surface area contributed by atoms with Gasteiger partial charge in [-0.1, -0.05) is 121 Å². The van der Waals surface area contributed by atoms with Gasteiger partial charge in [0, 0.05) is 32.9 Å². The fourth-order valence-electron chi connectivity index (χ4n) is 7.41. The number of nitrogens with zero attached hydrogens (tertiary/aromatic N) is 1. The molecule has 0 bridgehead atoms. The first-order valence-electron chi connectivity index (χ1n) is 16.6. The Morgan fingerprint density at radius 3 is 1.94 bits per heavy atom. The molecule has 0 amide bonds. The minimum absolute atomic E-state index is 0.864. The highest BCUT2D eigenvalue weighted by Gasteiger charge is 2.21. The molecule has 10 aromatic rings. The summed E-state index contributed by atoms with van der Waals surface area (Å²) in [5, 5.41) is 6.74. The topological polar surface area (TPSA) is 29.5 Å². The van der Waals surface area contributed by atoms with Crippen LogP contribution in [0.5, 0.6) is 0 Å². The number of fused-ring (bicyclic) bond motifs is 8. The minimum atomic E-state index is 0.864. The number of hydrogen-bond acceptors (Lipinski definition) is 3. The van der Waals surface area contributed by atoms with Crippen molar-refractivity contribution in [2.45, 2.75) is 0 Å². The lowest BCUT2D eigenvalue weighted by atomic mass is 9.98. The summed E-state index contributed by atoms with van der Waals surface area (Å²) in [5.74, 6) is 0. The van der Waals surface area contributed by atoms with Gasteiger partial charge in [0.05, 0.1) is 11.1 Å². The standard InChI is InChI=1S/C46H29NO2/c1-2-11-30(12-3-1)33-14-8-15-35(29-33)47(40-19-10-22-43-45(40)39-28-25-31-13-4-5-16-37(31)46(39)49-43)34-26-23-32(24-27-34)36-18-9-21-42-44(36)38-17-6-7-20-41(38)48-42/h1-29H. The third kappa shape index (κ3) is 4.44. The Bertz CT molecular complexity index is 2830. The second-order valence-corrected chi connectivity index (χ2v) is 12.5. The molecule has 0 spiro atoms. The smallest absolute Gasteiger partial charge is 0.143 e. The molecular formula is C46H29NO2. The van der Waals surface area contributed by atoms with E-state index in [4.69, 9.17) is 8.83 Å². The summed E-state index contributed by atoms with van der Waals surface area (Å²) in [6, 6.07) is 62.0. The maximum Gasteiger partial charge on any atom is 0.143 e. The van der Waals surface area contributed by atoms with Crippen molar-refractivity contribution in [1.29, 1.82) is 0 Å². The SMILES string of the molecule is c1ccc(-c2cccc(N(c3ccc(-c4cccc5oc6ccccc6c45)cc3)c3cccc4oc5c6ccccc6ccc5c34)c2)cc1. The normalized spacial score (nSPS) is 11.7. The lowest BCUT2D eigenvalue weighted by Crippen LogP contribution is -2.10. The summed E-state index contributed by atoms with van der Waals surface area (Å²) >= 11 is 0. The van der Waals surface area contributed by atoms with Crippen LogP contribution < -0.4 is 4.90 Å². The van der Waals surface area contributed by atoms with E-state index in [1.807, 2.05) is 18.2 Å². The molecule has 0 radical (unpaired) electrons. The van der Waals surface area contributed by atoms with E-state index in [-0.39, 0.29) is 0 Å². The van der Waals surface area contributed by atoms with Crippen molar-refractivity contribution in [3.8, 4) is 22.3 Å². The summed E-state index contributed by atoms with van der Waals surface area (Å²) in [4.78, 5) is 2.36. The first-order chi connectivity index (χ1) is 24.3. The van der Waals surface area contributed by atoms with E-state index < -0.39 is 0 Å². The number of benzene rings is 8. The van der Waals surface area contributed by atoms with Crippen LogP contribution in [0, 0.1) is 0 Å². The van der Waals surface area contributed by atoms with Crippen molar-refractivity contribution in [2.75, 3.05) is 4.90 Å². The van der Waals surface area contributed by atoms with Gasteiger partial charge in [0.2, 0.25) is 0 Å². The van der Waals surface area contributed by atoms with Gasteiger partial charge in [-0.2, -0.15) is 0 Å². The third-order valence-corrected chi connectivity index (χ3v) is 9.66. The molecule has 10 rings (SSSR count). The fourth-order valence-corrected chi connectivity index (χ4v) is 7.41. The van der Waals surface area contributed by atoms with E-state index in [9.17, 15) is 0 Å². The average molecular weight is 628 g/mol. The Kier molecular flexibility index (Phi) is 6.18. The molecule has 49 heavy (non-hydrogen) atoms. The lowest BCUT2D eigenvalue weighted by Gasteiger charge is -2.27. The zero-order chi connectivity index (χ0) is 32.3. The van der Waals surface area contributed by atoms with Crippen LogP contribution in [-0.2, 0) is 0 Å². The average Bonchev–Trinajstić information content (AvgIpc) is 3.75. The van der Waals surface area contributed by atoms with Crippen molar-refractivity contribution < 1.29 is 8.83 Å². The van der Waals surface area contributed by atoms with Gasteiger partial charge < -0.3 is 13.7 Å². The molecule has 3 heteroatoms. The summed E-state index contributed by atoms with van der Waals surface area (Å²) in [6.07, 6.45) is 0. The molecule has 0 saturated heterocycles. The molecule has 0 unspecified atom stereocenters. The Balaban J connectivity index is 1.19. The second-order valence-electron chi connectivity index (χ2n) is 12.5. The Morgan fingerprint density at radius 2 is 1.06 bits per heavy atom. The first kappa shape index (κ1) is 27.5. The van der Waals surface area contributed by atoms with Gasteiger partial charge in [-0.25, -0.2) is 0 Å². The molecule has 0 aliphatic rings. The summed E-state index contributed by atoms with van der Waals surface area (Å²) < 4.78 is 12.8. The molecule has 3 nitrogen and oxygen atoms in total. The van der Waals surface area contributed by atoms with E-state index in [0.717, 1.165) is 83.0 Å². The molecule has 0 N–H and O–H groups in total. The summed E-state index contributed by atoms with van der Waals surface area (Å²) in [7, 11) is 0. The molecule has 0 saturated carbocycles. The monoisotopic (exact) mass is 627 g/mol. The largest absolute Gasteiger partial charge is 0.456 e. The third-order valence-electron chi connectivity index (χ3n) is 9.66. The number of anilines is 3. The molecule has 2 aromatic heterocycles. The van der Waals surface area contributed by atoms with Crippen molar-refractivity contribution in [2.24, 2.45) is 0 Å². The van der Waals surface area contributed by atoms with Crippen LogP contribution in [0.1, 0.15) is 0 Å². The highest BCUT2D eigenvalue weighted by atomic mass is 16.3. The minimum Gasteiger partial charge on any atom is -0.456 e. The van der Waals surface area contributed by atoms with Crippen molar-refractivity contribution in [3.63, 3.8) is 0 Å². The molecule has 0 aliphatic carbocycles.